The minimum Gasteiger partial charge on any atom is -0.461 e. The summed E-state index contributed by atoms with van der Waals surface area (Å²) >= 11 is 3.56. The number of halogens is 1. The molecule has 1 aromatic heterocycles. The Morgan fingerprint density at radius 3 is 2.50 bits per heavy atom. The second-order valence-electron chi connectivity index (χ2n) is 9.47. The molecular weight excluding hydrogens is 468 g/mol. The maximum absolute atomic E-state index is 13.9. The predicted octanol–water partition coefficient (Wildman–Crippen LogP) is 5.41. The molecule has 0 bridgehead atoms. The lowest BCUT2D eigenvalue weighted by Crippen LogP contribution is -2.34. The number of fused-ring (bicyclic) bond motifs is 1. The Balaban J connectivity index is 1.81. The van der Waals surface area contributed by atoms with Crippen molar-refractivity contribution in [1.29, 1.82) is 0 Å². The van der Waals surface area contributed by atoms with Crippen LogP contribution in [0.25, 0.3) is 5.69 Å². The average Bonchev–Trinajstić information content (AvgIpc) is 2.95. The molecule has 0 radical (unpaired) electrons. The van der Waals surface area contributed by atoms with Gasteiger partial charge in [0.25, 0.3) is 5.56 Å². The molecule has 6 heteroatoms. The largest absolute Gasteiger partial charge is 0.461 e. The van der Waals surface area contributed by atoms with Crippen molar-refractivity contribution in [3.05, 3.63) is 91.5 Å². The molecule has 3 aromatic rings. The summed E-state index contributed by atoms with van der Waals surface area (Å²) in [7, 11) is 1.88. The number of para-hydroxylation sites is 1. The smallest absolute Gasteiger partial charge is 0.275 e. The van der Waals surface area contributed by atoms with E-state index in [1.807, 2.05) is 67.2 Å². The molecule has 1 aliphatic carbocycles. The minimum absolute atomic E-state index is 0.0563. The van der Waals surface area contributed by atoms with E-state index in [0.717, 1.165) is 21.4 Å². The topological polar surface area (TPSA) is 53.2 Å². The molecule has 5 nitrogen and oxygen atoms in total. The third kappa shape index (κ3) is 3.20. The van der Waals surface area contributed by atoms with Crippen LogP contribution in [0, 0.1) is 12.3 Å². The van der Waals surface area contributed by atoms with Crippen molar-refractivity contribution in [1.82, 2.24) is 9.36 Å². The maximum Gasteiger partial charge on any atom is 0.275 e. The molecule has 0 N–H and O–H groups in total. The molecule has 0 spiro atoms. The van der Waals surface area contributed by atoms with E-state index in [4.69, 9.17) is 4.74 Å². The molecule has 1 atom stereocenters. The molecule has 0 saturated carbocycles. The van der Waals surface area contributed by atoms with Crippen molar-refractivity contribution in [2.45, 2.75) is 39.5 Å². The van der Waals surface area contributed by atoms with E-state index >= 15 is 0 Å². The van der Waals surface area contributed by atoms with Crippen molar-refractivity contribution in [2.75, 3.05) is 0 Å². The summed E-state index contributed by atoms with van der Waals surface area (Å²) in [5.41, 5.74) is 3.43. The first-order valence-corrected chi connectivity index (χ1v) is 11.5. The first kappa shape index (κ1) is 21.0. The number of carbonyl (C=O) groups excluding carboxylic acids is 1. The number of aromatic nitrogens is 2. The number of Topliss-reactive ketones (excluding diaryl/α,β-unsaturated/α-hetero) is 1. The van der Waals surface area contributed by atoms with Gasteiger partial charge >= 0.3 is 0 Å². The highest BCUT2D eigenvalue weighted by molar-refractivity contribution is 9.10. The summed E-state index contributed by atoms with van der Waals surface area (Å²) in [6, 6.07) is 15.4. The second kappa shape index (κ2) is 7.34. The Kier molecular flexibility index (Phi) is 4.82. The number of hydrogen-bond acceptors (Lipinski definition) is 3. The molecule has 2 aliphatic rings. The minimum atomic E-state index is -0.460. The normalized spacial score (nSPS) is 19.4. The third-order valence-electron chi connectivity index (χ3n) is 6.57. The van der Waals surface area contributed by atoms with Crippen molar-refractivity contribution in [3.63, 3.8) is 0 Å². The highest BCUT2D eigenvalue weighted by Crippen LogP contribution is 2.50. The van der Waals surface area contributed by atoms with Crippen molar-refractivity contribution >= 4 is 21.7 Å². The summed E-state index contributed by atoms with van der Waals surface area (Å²) in [5.74, 6) is 0.996. The fraction of sp³-hybridized carbons (Fsp3) is 0.308. The van der Waals surface area contributed by atoms with Gasteiger partial charge in [-0.1, -0.05) is 48.0 Å². The van der Waals surface area contributed by atoms with E-state index in [-0.39, 0.29) is 16.8 Å². The van der Waals surface area contributed by atoms with Gasteiger partial charge < -0.3 is 4.74 Å². The van der Waals surface area contributed by atoms with Crippen LogP contribution in [-0.2, 0) is 11.8 Å². The number of hydrogen-bond donors (Lipinski definition) is 0. The van der Waals surface area contributed by atoms with Crippen LogP contribution in [0.2, 0.25) is 0 Å². The van der Waals surface area contributed by atoms with E-state index in [1.165, 1.54) is 0 Å². The Hall–Kier alpha value is -2.86. The fourth-order valence-corrected chi connectivity index (χ4v) is 5.42. The van der Waals surface area contributed by atoms with E-state index in [9.17, 15) is 9.59 Å². The standard InChI is InChI=1S/C26H25BrN2O3/c1-15-22(25(31)29(28(15)4)17-8-6-5-7-9-17)23-18-12-16(27)10-11-20(18)32-21-14-26(2,3)13-19(30)24(21)23/h5-12,23H,13-14H2,1-4H3. The number of ether oxygens (including phenoxy) is 1. The zero-order valence-electron chi connectivity index (χ0n) is 18.6. The van der Waals surface area contributed by atoms with E-state index < -0.39 is 5.92 Å². The molecule has 1 unspecified atom stereocenters. The number of nitrogens with zero attached hydrogens (tertiary/aromatic N) is 2. The molecule has 1 aliphatic heterocycles. The first-order chi connectivity index (χ1) is 15.2. The van der Waals surface area contributed by atoms with Crippen LogP contribution in [0.1, 0.15) is 49.4 Å². The van der Waals surface area contributed by atoms with Crippen LogP contribution in [0.15, 0.2) is 69.1 Å². The Bertz CT molecular complexity index is 1350. The van der Waals surface area contributed by atoms with Gasteiger partial charge in [-0.15, -0.1) is 0 Å². The molecule has 0 amide bonds. The van der Waals surface area contributed by atoms with E-state index in [2.05, 4.69) is 29.8 Å². The summed E-state index contributed by atoms with van der Waals surface area (Å²) < 4.78 is 10.7. The number of carbonyl (C=O) groups is 1. The lowest BCUT2D eigenvalue weighted by atomic mass is 9.70. The summed E-state index contributed by atoms with van der Waals surface area (Å²) in [5, 5.41) is 0. The summed E-state index contributed by atoms with van der Waals surface area (Å²) in [6.45, 7) is 6.11. The van der Waals surface area contributed by atoms with Crippen LogP contribution in [0.5, 0.6) is 5.75 Å². The van der Waals surface area contributed by atoms with E-state index in [1.54, 1.807) is 4.68 Å². The maximum atomic E-state index is 13.9. The molecule has 5 rings (SSSR count). The van der Waals surface area contributed by atoms with Crippen molar-refractivity contribution in [2.24, 2.45) is 12.5 Å². The van der Waals surface area contributed by atoms with Gasteiger partial charge in [-0.2, -0.15) is 0 Å². The van der Waals surface area contributed by atoms with Crippen LogP contribution < -0.4 is 10.3 Å². The van der Waals surface area contributed by atoms with Gasteiger partial charge in [0.1, 0.15) is 11.5 Å². The molecule has 2 aromatic carbocycles. The summed E-state index contributed by atoms with van der Waals surface area (Å²) in [6.07, 6.45) is 1.10. The van der Waals surface area contributed by atoms with E-state index in [0.29, 0.717) is 35.5 Å². The summed E-state index contributed by atoms with van der Waals surface area (Å²) in [4.78, 5) is 27.3. The number of rotatable bonds is 2. The third-order valence-corrected chi connectivity index (χ3v) is 7.06. The zero-order valence-corrected chi connectivity index (χ0v) is 20.2. The van der Waals surface area contributed by atoms with Gasteiger partial charge in [0, 0.05) is 41.2 Å². The van der Waals surface area contributed by atoms with Crippen molar-refractivity contribution in [3.8, 4) is 11.4 Å². The van der Waals surface area contributed by atoms with Crippen LogP contribution in [0.4, 0.5) is 0 Å². The SMILES string of the molecule is Cc1c(C2C3=C(CC(C)(C)CC3=O)Oc3ccc(Br)cc32)c(=O)n(-c2ccccc2)n1C. The van der Waals surface area contributed by atoms with Crippen LogP contribution in [0.3, 0.4) is 0 Å². The average molecular weight is 493 g/mol. The van der Waals surface area contributed by atoms with Gasteiger partial charge in [-0.25, -0.2) is 4.68 Å². The van der Waals surface area contributed by atoms with Gasteiger partial charge in [-0.05, 0) is 42.7 Å². The molecule has 32 heavy (non-hydrogen) atoms. The van der Waals surface area contributed by atoms with Crippen LogP contribution in [-0.4, -0.2) is 15.1 Å². The van der Waals surface area contributed by atoms with Gasteiger partial charge in [0.15, 0.2) is 5.78 Å². The Labute approximate surface area is 195 Å². The fourth-order valence-electron chi connectivity index (χ4n) is 5.04. The molecule has 0 fully saturated rings. The lowest BCUT2D eigenvalue weighted by Gasteiger charge is -2.38. The van der Waals surface area contributed by atoms with Crippen LogP contribution >= 0.6 is 15.9 Å². The second-order valence-corrected chi connectivity index (χ2v) is 10.4. The van der Waals surface area contributed by atoms with Gasteiger partial charge in [0.2, 0.25) is 0 Å². The highest BCUT2D eigenvalue weighted by atomic mass is 79.9. The quantitative estimate of drug-likeness (QED) is 0.480. The lowest BCUT2D eigenvalue weighted by molar-refractivity contribution is -0.118. The van der Waals surface area contributed by atoms with Gasteiger partial charge in [0.05, 0.1) is 17.2 Å². The molecule has 0 saturated heterocycles. The van der Waals surface area contributed by atoms with Gasteiger partial charge in [-0.3, -0.25) is 14.3 Å². The molecule has 2 heterocycles. The Morgan fingerprint density at radius 2 is 1.78 bits per heavy atom. The monoisotopic (exact) mass is 492 g/mol. The van der Waals surface area contributed by atoms with Crippen molar-refractivity contribution < 1.29 is 9.53 Å². The predicted molar refractivity (Wildman–Crippen MR) is 127 cm³/mol. The number of benzene rings is 2. The number of ketones is 1. The first-order valence-electron chi connectivity index (χ1n) is 10.8. The zero-order chi connectivity index (χ0) is 22.8. The highest BCUT2D eigenvalue weighted by Gasteiger charge is 2.44. The Morgan fingerprint density at radius 1 is 1.06 bits per heavy atom. The molecular formula is C26H25BrN2O3. The number of allylic oxidation sites excluding steroid dienone is 2. The molecule has 164 valence electrons.